The molecule has 0 unspecified atom stereocenters. The first kappa shape index (κ1) is 22.0. The van der Waals surface area contributed by atoms with Crippen molar-refractivity contribution in [3.05, 3.63) is 0 Å². The predicted octanol–water partition coefficient (Wildman–Crippen LogP) is 1.26. The van der Waals surface area contributed by atoms with Crippen LogP contribution < -0.4 is 0 Å². The summed E-state index contributed by atoms with van der Waals surface area (Å²) in [5, 5.41) is 0. The summed E-state index contributed by atoms with van der Waals surface area (Å²) < 4.78 is 31.6. The molecule has 7 heteroatoms. The molecule has 108 valence electrons. The second kappa shape index (κ2) is 13.9. The Morgan fingerprint density at radius 3 is 0.882 bits per heavy atom. The number of rotatable bonds is 4. The van der Waals surface area contributed by atoms with Gasteiger partial charge in [-0.25, -0.2) is 0 Å². The minimum Gasteiger partial charge on any atom is -0.307 e. The minimum atomic E-state index is -4.67. The van der Waals surface area contributed by atoms with Crippen molar-refractivity contribution in [1.29, 1.82) is 0 Å². The normalized spacial score (nSPS) is 10.5. The second-order valence-corrected chi connectivity index (χ2v) is 4.32. The Hall–Kier alpha value is -0.210. The zero-order chi connectivity index (χ0) is 14.5. The van der Waals surface area contributed by atoms with Crippen LogP contribution in [0.1, 0.15) is 27.7 Å². The van der Waals surface area contributed by atoms with E-state index >= 15 is 0 Å². The molecule has 0 heterocycles. The van der Waals surface area contributed by atoms with E-state index in [9.17, 15) is 0 Å². The van der Waals surface area contributed by atoms with Crippen molar-refractivity contribution in [1.82, 2.24) is 9.80 Å². The molecule has 0 spiro atoms. The molecule has 0 saturated carbocycles. The molecule has 0 atom stereocenters. The van der Waals surface area contributed by atoms with E-state index in [0.717, 1.165) is 26.2 Å². The van der Waals surface area contributed by atoms with Crippen LogP contribution in [-0.2, 0) is 10.4 Å². The maximum atomic E-state index is 8.74. The first-order chi connectivity index (χ1) is 7.62. The monoisotopic (exact) mass is 272 g/mol. The van der Waals surface area contributed by atoms with Gasteiger partial charge in [0.2, 0.25) is 0 Å². The summed E-state index contributed by atoms with van der Waals surface area (Å²) in [6, 6.07) is 0. The van der Waals surface area contributed by atoms with Crippen molar-refractivity contribution >= 4 is 10.4 Å². The maximum Gasteiger partial charge on any atom is 0.394 e. The van der Waals surface area contributed by atoms with E-state index in [0.29, 0.717) is 0 Å². The summed E-state index contributed by atoms with van der Waals surface area (Å²) in [5.41, 5.74) is 0. The molecular formula is C10H28N2O4S. The van der Waals surface area contributed by atoms with Crippen molar-refractivity contribution < 1.29 is 17.5 Å². The molecule has 0 amide bonds. The molecule has 0 aromatic rings. The lowest BCUT2D eigenvalue weighted by Gasteiger charge is -2.07. The zero-order valence-electron chi connectivity index (χ0n) is 11.8. The topological polar surface area (TPSA) is 81.1 Å². The van der Waals surface area contributed by atoms with Gasteiger partial charge >= 0.3 is 10.4 Å². The third-order valence-electron chi connectivity index (χ3n) is 2.16. The lowest BCUT2D eigenvalue weighted by atomic mass is 10.6. The fourth-order valence-electron chi connectivity index (χ4n) is 0.447. The Bertz CT molecular complexity index is 206. The van der Waals surface area contributed by atoms with Crippen LogP contribution >= 0.6 is 0 Å². The Morgan fingerprint density at radius 2 is 0.882 bits per heavy atom. The SMILES string of the molecule is CCN(C)CC.CCN(C)CC.O=S(=O)(O)O. The van der Waals surface area contributed by atoms with E-state index in [1.807, 2.05) is 0 Å². The molecule has 17 heavy (non-hydrogen) atoms. The Labute approximate surface area is 106 Å². The quantitative estimate of drug-likeness (QED) is 0.750. The van der Waals surface area contributed by atoms with Gasteiger partial charge in [-0.05, 0) is 40.3 Å². The molecule has 0 aromatic heterocycles. The van der Waals surface area contributed by atoms with Crippen molar-refractivity contribution in [2.45, 2.75) is 27.7 Å². The average molecular weight is 272 g/mol. The maximum absolute atomic E-state index is 8.74. The Balaban J connectivity index is -0.000000174. The van der Waals surface area contributed by atoms with E-state index < -0.39 is 10.4 Å². The van der Waals surface area contributed by atoms with Gasteiger partial charge in [-0.1, -0.05) is 27.7 Å². The standard InChI is InChI=1S/2C5H13N.H2O4S/c2*1-4-6(3)5-2;1-5(2,3)4/h2*4-5H2,1-3H3;(H2,1,2,3,4). The number of hydrogen-bond donors (Lipinski definition) is 2. The van der Waals surface area contributed by atoms with Gasteiger partial charge in [-0.15, -0.1) is 0 Å². The molecule has 0 aliphatic heterocycles. The van der Waals surface area contributed by atoms with Crippen LogP contribution in [-0.4, -0.2) is 67.6 Å². The molecule has 0 bridgehead atoms. The fourth-order valence-corrected chi connectivity index (χ4v) is 0.447. The van der Waals surface area contributed by atoms with Gasteiger partial charge in [0, 0.05) is 0 Å². The predicted molar refractivity (Wildman–Crippen MR) is 71.9 cm³/mol. The van der Waals surface area contributed by atoms with E-state index in [4.69, 9.17) is 17.5 Å². The molecule has 0 aliphatic carbocycles. The van der Waals surface area contributed by atoms with Gasteiger partial charge in [0.25, 0.3) is 0 Å². The molecule has 2 N–H and O–H groups in total. The van der Waals surface area contributed by atoms with Gasteiger partial charge in [-0.3, -0.25) is 9.11 Å². The van der Waals surface area contributed by atoms with E-state index in [1.54, 1.807) is 0 Å². The zero-order valence-corrected chi connectivity index (χ0v) is 12.7. The smallest absolute Gasteiger partial charge is 0.307 e. The van der Waals surface area contributed by atoms with Crippen LogP contribution in [0.25, 0.3) is 0 Å². The van der Waals surface area contributed by atoms with Crippen LogP contribution in [0.5, 0.6) is 0 Å². The Kier molecular flexibility index (Phi) is 17.9. The van der Waals surface area contributed by atoms with Gasteiger partial charge in [0.1, 0.15) is 0 Å². The summed E-state index contributed by atoms with van der Waals surface area (Å²) in [5.74, 6) is 0. The second-order valence-electron chi connectivity index (χ2n) is 3.42. The van der Waals surface area contributed by atoms with Crippen LogP contribution in [0.15, 0.2) is 0 Å². The van der Waals surface area contributed by atoms with E-state index in [1.165, 1.54) is 0 Å². The largest absolute Gasteiger partial charge is 0.394 e. The summed E-state index contributed by atoms with van der Waals surface area (Å²) in [6.45, 7) is 13.3. The van der Waals surface area contributed by atoms with Gasteiger partial charge < -0.3 is 9.80 Å². The molecule has 0 rings (SSSR count). The van der Waals surface area contributed by atoms with Gasteiger partial charge in [0.15, 0.2) is 0 Å². The van der Waals surface area contributed by atoms with E-state index in [-0.39, 0.29) is 0 Å². The molecular weight excluding hydrogens is 244 g/mol. The van der Waals surface area contributed by atoms with Crippen molar-refractivity contribution in [3.63, 3.8) is 0 Å². The third kappa shape index (κ3) is 49.5. The molecule has 0 saturated heterocycles. The Morgan fingerprint density at radius 1 is 0.765 bits per heavy atom. The molecule has 0 radical (unpaired) electrons. The highest BCUT2D eigenvalue weighted by molar-refractivity contribution is 7.79. The van der Waals surface area contributed by atoms with Crippen LogP contribution in [0.2, 0.25) is 0 Å². The fraction of sp³-hybridized carbons (Fsp3) is 1.00. The lowest BCUT2D eigenvalue weighted by Crippen LogP contribution is -2.15. The van der Waals surface area contributed by atoms with Crippen LogP contribution in [0.4, 0.5) is 0 Å². The highest BCUT2D eigenvalue weighted by atomic mass is 32.3. The summed E-state index contributed by atoms with van der Waals surface area (Å²) >= 11 is 0. The van der Waals surface area contributed by atoms with E-state index in [2.05, 4.69) is 51.6 Å². The van der Waals surface area contributed by atoms with Gasteiger partial charge in [0.05, 0.1) is 0 Å². The molecule has 0 aliphatic rings. The summed E-state index contributed by atoms with van der Waals surface area (Å²) in [6.07, 6.45) is 0. The van der Waals surface area contributed by atoms with Crippen molar-refractivity contribution in [3.8, 4) is 0 Å². The third-order valence-corrected chi connectivity index (χ3v) is 2.16. The van der Waals surface area contributed by atoms with Crippen molar-refractivity contribution in [2.24, 2.45) is 0 Å². The summed E-state index contributed by atoms with van der Waals surface area (Å²) in [4.78, 5) is 4.50. The number of nitrogens with zero attached hydrogens (tertiary/aromatic N) is 2. The van der Waals surface area contributed by atoms with Crippen LogP contribution in [0, 0.1) is 0 Å². The highest BCUT2D eigenvalue weighted by Gasteiger charge is 1.84. The van der Waals surface area contributed by atoms with Gasteiger partial charge in [-0.2, -0.15) is 8.42 Å². The van der Waals surface area contributed by atoms with Crippen molar-refractivity contribution in [2.75, 3.05) is 40.3 Å². The highest BCUT2D eigenvalue weighted by Crippen LogP contribution is 1.74. The number of hydrogen-bond acceptors (Lipinski definition) is 4. The first-order valence-electron chi connectivity index (χ1n) is 5.69. The summed E-state index contributed by atoms with van der Waals surface area (Å²) in [7, 11) is -0.444. The molecule has 6 nitrogen and oxygen atoms in total. The van der Waals surface area contributed by atoms with Crippen LogP contribution in [0.3, 0.4) is 0 Å². The lowest BCUT2D eigenvalue weighted by molar-refractivity contribution is 0.373. The average Bonchev–Trinajstić information content (AvgIpc) is 2.25. The molecule has 0 aromatic carbocycles. The first-order valence-corrected chi connectivity index (χ1v) is 7.08. The minimum absolute atomic E-state index is 1.16. The molecule has 0 fully saturated rings.